The van der Waals surface area contributed by atoms with E-state index in [1.807, 2.05) is 63.7 Å². The van der Waals surface area contributed by atoms with Gasteiger partial charge in [0.25, 0.3) is 0 Å². The number of nitrogens with one attached hydrogen (secondary N) is 3. The Balaban J connectivity index is 1.04. The summed E-state index contributed by atoms with van der Waals surface area (Å²) < 4.78 is 5.46. The number of likely N-dealkylation sites (tertiary alicyclic amines) is 2. The molecule has 3 aromatic rings. The zero-order valence-corrected chi connectivity index (χ0v) is 33.1. The van der Waals surface area contributed by atoms with Crippen molar-refractivity contribution in [2.75, 3.05) is 13.1 Å². The van der Waals surface area contributed by atoms with Gasteiger partial charge in [0.05, 0.1) is 24.0 Å². The predicted molar refractivity (Wildman–Crippen MR) is 206 cm³/mol. The van der Waals surface area contributed by atoms with Crippen molar-refractivity contribution in [2.45, 2.75) is 142 Å². The van der Waals surface area contributed by atoms with Gasteiger partial charge < -0.3 is 29.8 Å². The highest BCUT2D eigenvalue weighted by atomic mass is 16.6. The van der Waals surface area contributed by atoms with Crippen LogP contribution < -0.4 is 5.32 Å². The van der Waals surface area contributed by atoms with E-state index in [9.17, 15) is 14.4 Å². The number of benzene rings is 1. The molecule has 288 valence electrons. The Hall–Kier alpha value is -4.15. The van der Waals surface area contributed by atoms with E-state index in [4.69, 9.17) is 14.7 Å². The molecule has 2 aromatic heterocycles. The van der Waals surface area contributed by atoms with Crippen LogP contribution in [0.5, 0.6) is 0 Å². The molecule has 1 aliphatic carbocycles. The Labute approximate surface area is 315 Å². The molecule has 6 rings (SSSR count). The number of nitrogens with zero attached hydrogens (tertiary/aromatic N) is 4. The normalized spacial score (nSPS) is 23.4. The lowest BCUT2D eigenvalue weighted by Gasteiger charge is -2.31. The highest BCUT2D eigenvalue weighted by Gasteiger charge is 2.39. The van der Waals surface area contributed by atoms with Crippen molar-refractivity contribution >= 4 is 17.9 Å². The topological polar surface area (TPSA) is 136 Å². The predicted octanol–water partition coefficient (Wildman–Crippen LogP) is 8.41. The molecule has 4 heterocycles. The average molecular weight is 728 g/mol. The van der Waals surface area contributed by atoms with E-state index in [1.165, 1.54) is 5.56 Å². The lowest BCUT2D eigenvalue weighted by atomic mass is 9.77. The van der Waals surface area contributed by atoms with E-state index in [2.05, 4.69) is 53.4 Å². The van der Waals surface area contributed by atoms with Gasteiger partial charge in [0.15, 0.2) is 0 Å². The summed E-state index contributed by atoms with van der Waals surface area (Å²) in [5.41, 5.74) is 3.98. The third-order valence-corrected chi connectivity index (χ3v) is 11.8. The molecule has 11 nitrogen and oxygen atoms in total. The van der Waals surface area contributed by atoms with Crippen LogP contribution >= 0.6 is 0 Å². The van der Waals surface area contributed by atoms with Gasteiger partial charge in [0.1, 0.15) is 23.3 Å². The Kier molecular flexibility index (Phi) is 11.7. The van der Waals surface area contributed by atoms with E-state index in [0.29, 0.717) is 24.3 Å². The van der Waals surface area contributed by atoms with Crippen molar-refractivity contribution in [1.82, 2.24) is 35.1 Å². The van der Waals surface area contributed by atoms with E-state index >= 15 is 0 Å². The van der Waals surface area contributed by atoms with Crippen LogP contribution in [0.1, 0.15) is 154 Å². The van der Waals surface area contributed by atoms with Crippen LogP contribution in [-0.2, 0) is 14.3 Å². The molecule has 1 saturated carbocycles. The largest absolute Gasteiger partial charge is 0.444 e. The number of ether oxygens (including phenoxy) is 1. The number of aromatic nitrogens is 4. The number of hydrogen-bond donors (Lipinski definition) is 3. The summed E-state index contributed by atoms with van der Waals surface area (Å²) in [6.45, 7) is 17.0. The molecule has 2 saturated heterocycles. The van der Waals surface area contributed by atoms with Gasteiger partial charge in [-0.1, -0.05) is 58.9 Å². The molecule has 0 unspecified atom stereocenters. The quantitative estimate of drug-likeness (QED) is 0.192. The number of imidazole rings is 2. The molecule has 2 aliphatic heterocycles. The third-order valence-electron chi connectivity index (χ3n) is 11.8. The number of amides is 3. The van der Waals surface area contributed by atoms with Gasteiger partial charge in [-0.05, 0) is 101 Å². The Morgan fingerprint density at radius 2 is 1.32 bits per heavy atom. The first-order valence-electron chi connectivity index (χ1n) is 20.0. The van der Waals surface area contributed by atoms with Gasteiger partial charge in [-0.15, -0.1) is 0 Å². The van der Waals surface area contributed by atoms with E-state index < -0.39 is 17.7 Å². The van der Waals surface area contributed by atoms with Gasteiger partial charge >= 0.3 is 6.09 Å². The summed E-state index contributed by atoms with van der Waals surface area (Å²) in [5.74, 6) is 3.01. The van der Waals surface area contributed by atoms with Crippen molar-refractivity contribution in [1.29, 1.82) is 0 Å². The number of H-pyrrole nitrogens is 2. The van der Waals surface area contributed by atoms with Crippen LogP contribution in [0, 0.1) is 17.8 Å². The maximum Gasteiger partial charge on any atom is 0.408 e. The molecule has 4 atom stereocenters. The van der Waals surface area contributed by atoms with Crippen LogP contribution in [-0.4, -0.2) is 72.4 Å². The fourth-order valence-electron chi connectivity index (χ4n) is 8.36. The fraction of sp³-hybridized carbons (Fsp3) is 0.643. The summed E-state index contributed by atoms with van der Waals surface area (Å²) in [5, 5.41) is 2.83. The van der Waals surface area contributed by atoms with Gasteiger partial charge in [0.2, 0.25) is 11.8 Å². The highest BCUT2D eigenvalue weighted by Crippen LogP contribution is 2.41. The van der Waals surface area contributed by atoms with Crippen molar-refractivity contribution in [2.24, 2.45) is 17.8 Å². The Morgan fingerprint density at radius 1 is 0.755 bits per heavy atom. The summed E-state index contributed by atoms with van der Waals surface area (Å²) in [4.78, 5) is 60.1. The third kappa shape index (κ3) is 8.81. The van der Waals surface area contributed by atoms with E-state index in [1.54, 1.807) is 0 Å². The molecule has 3 N–H and O–H groups in total. The minimum absolute atomic E-state index is 0.00448. The first-order valence-corrected chi connectivity index (χ1v) is 20.0. The molecule has 0 spiro atoms. The lowest BCUT2D eigenvalue weighted by molar-refractivity contribution is -0.137. The van der Waals surface area contributed by atoms with Crippen LogP contribution in [0.25, 0.3) is 11.3 Å². The molecule has 0 radical (unpaired) electrons. The van der Waals surface area contributed by atoms with Crippen LogP contribution in [0.2, 0.25) is 0 Å². The maximum atomic E-state index is 13.8. The SMILES string of the molecule is CC(C)[C@@H](C)C(=O)N1CCC[C@H]1c1ncc(-c2ccc(C3CCC(c4cnc([C@@H]5CCCN5C(=O)[C@H](NC(=O)OC(C)(C)C)C(C)C)[nH]4)CC3)cc2)[nH]1. The molecule has 53 heavy (non-hydrogen) atoms. The molecular weight excluding hydrogens is 667 g/mol. The van der Waals surface area contributed by atoms with Gasteiger partial charge in [-0.25, -0.2) is 14.8 Å². The number of carbonyl (C=O) groups excluding carboxylic acids is 3. The number of aromatic amines is 2. The van der Waals surface area contributed by atoms with Gasteiger partial charge in [-0.3, -0.25) is 9.59 Å². The summed E-state index contributed by atoms with van der Waals surface area (Å²) >= 11 is 0. The van der Waals surface area contributed by atoms with Crippen molar-refractivity contribution in [3.63, 3.8) is 0 Å². The monoisotopic (exact) mass is 727 g/mol. The van der Waals surface area contributed by atoms with Crippen molar-refractivity contribution < 1.29 is 19.1 Å². The lowest BCUT2D eigenvalue weighted by Crippen LogP contribution is -2.52. The average Bonchev–Trinajstić information content (AvgIpc) is 3.95. The molecule has 0 bridgehead atoms. The molecule has 3 amide bonds. The van der Waals surface area contributed by atoms with Gasteiger partial charge in [-0.2, -0.15) is 0 Å². The zero-order valence-electron chi connectivity index (χ0n) is 33.1. The van der Waals surface area contributed by atoms with Crippen LogP contribution in [0.4, 0.5) is 4.79 Å². The number of hydrogen-bond acceptors (Lipinski definition) is 6. The maximum absolute atomic E-state index is 13.8. The van der Waals surface area contributed by atoms with Crippen LogP contribution in [0.3, 0.4) is 0 Å². The highest BCUT2D eigenvalue weighted by molar-refractivity contribution is 5.86. The van der Waals surface area contributed by atoms with Crippen LogP contribution in [0.15, 0.2) is 36.7 Å². The second-order valence-corrected chi connectivity index (χ2v) is 17.4. The first kappa shape index (κ1) is 38.6. The second-order valence-electron chi connectivity index (χ2n) is 17.4. The minimum Gasteiger partial charge on any atom is -0.444 e. The van der Waals surface area contributed by atoms with Crippen molar-refractivity contribution in [3.8, 4) is 11.3 Å². The van der Waals surface area contributed by atoms with Gasteiger partial charge in [0, 0.05) is 36.8 Å². The molecule has 1 aromatic carbocycles. The Morgan fingerprint density at radius 3 is 1.91 bits per heavy atom. The molecule has 3 fully saturated rings. The summed E-state index contributed by atoms with van der Waals surface area (Å²) in [6.07, 6.45) is 11.4. The second kappa shape index (κ2) is 16.1. The van der Waals surface area contributed by atoms with Crippen molar-refractivity contribution in [3.05, 3.63) is 59.6 Å². The smallest absolute Gasteiger partial charge is 0.408 e. The molecule has 3 aliphatic rings. The summed E-state index contributed by atoms with van der Waals surface area (Å²) in [6, 6.07) is 8.13. The molecular formula is C42H61N7O4. The number of rotatable bonds is 10. The molecule has 11 heteroatoms. The standard InChI is InChI=1S/C42H61N7O4/c1-25(2)27(5)39(50)48-21-9-11-34(48)37-43-23-32(45-37)30-17-13-28(14-18-30)29-15-19-31(20-16-29)33-24-44-38(46-33)35-12-10-22-49(35)40(51)36(26(3)4)47-41(52)53-42(6,7)8/h13-14,17-18,23-27,29,31,34-36H,9-12,15-16,19-22H2,1-8H3,(H,43,45)(H,44,46)(H,47,52)/t27-,29?,31?,34+,35+,36-/m1/s1. The number of alkyl carbamates (subject to hydrolysis) is 1. The summed E-state index contributed by atoms with van der Waals surface area (Å²) in [7, 11) is 0. The fourth-order valence-corrected chi connectivity index (χ4v) is 8.36. The number of carbonyl (C=O) groups is 3. The minimum atomic E-state index is -0.667. The van der Waals surface area contributed by atoms with E-state index in [0.717, 1.165) is 86.5 Å². The Bertz CT molecular complexity index is 1710. The zero-order chi connectivity index (χ0) is 38.0. The first-order chi connectivity index (χ1) is 25.2. The van der Waals surface area contributed by atoms with E-state index in [-0.39, 0.29) is 35.7 Å².